The number of unbranched alkanes of at least 4 members (excludes halogenated alkanes) is 20. The number of likely N-dealkylation sites (N-methyl/N-ethyl adjacent to an activating group) is 1. The van der Waals surface area contributed by atoms with E-state index < -0.39 is 0 Å². The van der Waals surface area contributed by atoms with Crippen LogP contribution in [-0.4, -0.2) is 55.1 Å². The number of carbonyl (C=O) groups excluding carboxylic acids is 1. The van der Waals surface area contributed by atoms with Crippen LogP contribution in [0.2, 0.25) is 0 Å². The molecule has 4 heteroatoms. The van der Waals surface area contributed by atoms with Gasteiger partial charge in [0.05, 0.1) is 39.8 Å². The molecule has 0 N–H and O–H groups in total. The van der Waals surface area contributed by atoms with Gasteiger partial charge in [0.2, 0.25) is 5.91 Å². The van der Waals surface area contributed by atoms with Gasteiger partial charge in [-0.3, -0.25) is 4.79 Å². The minimum atomic E-state index is 0. The van der Waals surface area contributed by atoms with Crippen LogP contribution in [0.25, 0.3) is 0 Å². The monoisotopic (exact) mass is 606 g/mol. The van der Waals surface area contributed by atoms with E-state index in [0.29, 0.717) is 5.91 Å². The van der Waals surface area contributed by atoms with E-state index in [0.717, 1.165) is 43.5 Å². The van der Waals surface area contributed by atoms with Crippen molar-refractivity contribution in [1.82, 2.24) is 4.90 Å². The zero-order valence-corrected chi connectivity index (χ0v) is 26.4. The Morgan fingerprint density at radius 1 is 0.571 bits per heavy atom. The Labute approximate surface area is 238 Å². The van der Waals surface area contributed by atoms with Gasteiger partial charge >= 0.3 is 0 Å². The number of hydrogen-bond donors (Lipinski definition) is 0. The summed E-state index contributed by atoms with van der Waals surface area (Å²) in [5, 5.41) is 0. The number of hydrogen-bond acceptors (Lipinski definition) is 1. The lowest BCUT2D eigenvalue weighted by Crippen LogP contribution is -3.00. The highest BCUT2D eigenvalue weighted by Gasteiger charge is 2.28. The second-order valence-electron chi connectivity index (χ2n) is 11.6. The SMILES string of the molecule is CCCCCCCCCCCCCCCCCCCCCCCC(=O)N1CC[N+](C)(CC)CC1.[I-]. The van der Waals surface area contributed by atoms with Crippen molar-refractivity contribution in [3.63, 3.8) is 0 Å². The summed E-state index contributed by atoms with van der Waals surface area (Å²) in [6.45, 7) is 9.92. The molecule has 0 radical (unpaired) electrons. The van der Waals surface area contributed by atoms with Gasteiger partial charge in [0.1, 0.15) is 0 Å². The van der Waals surface area contributed by atoms with E-state index in [1.807, 2.05) is 0 Å². The van der Waals surface area contributed by atoms with E-state index in [4.69, 9.17) is 0 Å². The van der Waals surface area contributed by atoms with Crippen LogP contribution >= 0.6 is 0 Å². The average Bonchev–Trinajstić information content (AvgIpc) is 2.85. The highest BCUT2D eigenvalue weighted by molar-refractivity contribution is 5.76. The molecule has 3 nitrogen and oxygen atoms in total. The molecular formula is C31H63IN2O. The van der Waals surface area contributed by atoms with Gasteiger partial charge in [0, 0.05) is 6.42 Å². The highest BCUT2D eigenvalue weighted by atomic mass is 127. The summed E-state index contributed by atoms with van der Waals surface area (Å²) in [6.07, 6.45) is 30.4. The number of halogens is 1. The molecule has 0 aliphatic carbocycles. The Hall–Kier alpha value is 0.160. The summed E-state index contributed by atoms with van der Waals surface area (Å²) >= 11 is 0. The number of rotatable bonds is 23. The lowest BCUT2D eigenvalue weighted by Gasteiger charge is -2.41. The molecule has 0 aromatic heterocycles. The second-order valence-corrected chi connectivity index (χ2v) is 11.6. The molecular weight excluding hydrogens is 543 g/mol. The van der Waals surface area contributed by atoms with Gasteiger partial charge in [-0.1, -0.05) is 135 Å². The third-order valence-corrected chi connectivity index (χ3v) is 8.43. The number of quaternary nitrogens is 1. The molecule has 35 heavy (non-hydrogen) atoms. The maximum absolute atomic E-state index is 12.4. The van der Waals surface area contributed by atoms with Gasteiger partial charge in [-0.25, -0.2) is 0 Å². The van der Waals surface area contributed by atoms with Crippen molar-refractivity contribution in [2.24, 2.45) is 0 Å². The van der Waals surface area contributed by atoms with Gasteiger partial charge in [-0.05, 0) is 13.3 Å². The van der Waals surface area contributed by atoms with Crippen molar-refractivity contribution in [2.75, 3.05) is 39.8 Å². The minimum absolute atomic E-state index is 0. The molecule has 1 fully saturated rings. The highest BCUT2D eigenvalue weighted by Crippen LogP contribution is 2.16. The van der Waals surface area contributed by atoms with Crippen molar-refractivity contribution in [3.05, 3.63) is 0 Å². The van der Waals surface area contributed by atoms with E-state index in [2.05, 4.69) is 25.8 Å². The predicted molar refractivity (Wildman–Crippen MR) is 150 cm³/mol. The summed E-state index contributed by atoms with van der Waals surface area (Å²) in [4.78, 5) is 14.5. The first-order chi connectivity index (χ1) is 16.6. The van der Waals surface area contributed by atoms with Gasteiger partial charge in [-0.15, -0.1) is 0 Å². The van der Waals surface area contributed by atoms with Crippen molar-refractivity contribution >= 4 is 5.91 Å². The maximum atomic E-state index is 12.4. The zero-order valence-electron chi connectivity index (χ0n) is 24.3. The minimum Gasteiger partial charge on any atom is -1.00 e. The van der Waals surface area contributed by atoms with Crippen molar-refractivity contribution < 1.29 is 33.3 Å². The van der Waals surface area contributed by atoms with Crippen LogP contribution < -0.4 is 24.0 Å². The van der Waals surface area contributed by atoms with Crippen LogP contribution in [0.15, 0.2) is 0 Å². The van der Waals surface area contributed by atoms with Crippen LogP contribution in [0.1, 0.15) is 155 Å². The molecule has 0 spiro atoms. The summed E-state index contributed by atoms with van der Waals surface area (Å²) in [7, 11) is 2.32. The summed E-state index contributed by atoms with van der Waals surface area (Å²) in [6, 6.07) is 0. The van der Waals surface area contributed by atoms with Crippen LogP contribution in [0.4, 0.5) is 0 Å². The topological polar surface area (TPSA) is 20.3 Å². The molecule has 0 atom stereocenters. The van der Waals surface area contributed by atoms with E-state index in [9.17, 15) is 4.79 Å². The third kappa shape index (κ3) is 19.9. The standard InChI is InChI=1S/C31H63N2O.HI/c1-4-6-7-8-9-10-11-12-13-14-15-16-17-18-19-20-21-22-23-24-25-26-31(34)32-27-29-33(3,5-2)30-28-32;/h4-30H2,1-3H3;1H/q+1;/p-1. The summed E-state index contributed by atoms with van der Waals surface area (Å²) in [5.74, 6) is 0.403. The van der Waals surface area contributed by atoms with Crippen LogP contribution in [-0.2, 0) is 4.79 Å². The molecule has 0 unspecified atom stereocenters. The molecule has 1 aliphatic heterocycles. The first kappa shape index (κ1) is 35.2. The number of nitrogens with zero attached hydrogens (tertiary/aromatic N) is 2. The predicted octanol–water partition coefficient (Wildman–Crippen LogP) is 5.90. The van der Waals surface area contributed by atoms with E-state index in [1.165, 1.54) is 135 Å². The molecule has 210 valence electrons. The van der Waals surface area contributed by atoms with Crippen LogP contribution in [0, 0.1) is 0 Å². The average molecular weight is 607 g/mol. The van der Waals surface area contributed by atoms with Crippen molar-refractivity contribution in [3.8, 4) is 0 Å². The van der Waals surface area contributed by atoms with Gasteiger partial charge < -0.3 is 33.4 Å². The van der Waals surface area contributed by atoms with Gasteiger partial charge in [0.25, 0.3) is 0 Å². The van der Waals surface area contributed by atoms with Gasteiger partial charge in [0.15, 0.2) is 0 Å². The van der Waals surface area contributed by atoms with E-state index in [-0.39, 0.29) is 24.0 Å². The van der Waals surface area contributed by atoms with Gasteiger partial charge in [-0.2, -0.15) is 0 Å². The Morgan fingerprint density at radius 3 is 1.20 bits per heavy atom. The molecule has 1 heterocycles. The maximum Gasteiger partial charge on any atom is 0.222 e. The third-order valence-electron chi connectivity index (χ3n) is 8.43. The number of carbonyl (C=O) groups is 1. The summed E-state index contributed by atoms with van der Waals surface area (Å²) in [5.41, 5.74) is 0. The summed E-state index contributed by atoms with van der Waals surface area (Å²) < 4.78 is 1.13. The van der Waals surface area contributed by atoms with E-state index in [1.54, 1.807) is 0 Å². The fourth-order valence-corrected chi connectivity index (χ4v) is 5.38. The number of piperazine rings is 1. The fraction of sp³-hybridized carbons (Fsp3) is 0.968. The number of amides is 1. The molecule has 1 saturated heterocycles. The van der Waals surface area contributed by atoms with Crippen LogP contribution in [0.3, 0.4) is 0 Å². The van der Waals surface area contributed by atoms with Crippen molar-refractivity contribution in [1.29, 1.82) is 0 Å². The molecule has 1 amide bonds. The molecule has 0 bridgehead atoms. The molecule has 1 aliphatic rings. The molecule has 0 saturated carbocycles. The lowest BCUT2D eigenvalue weighted by atomic mass is 10.0. The fourth-order valence-electron chi connectivity index (χ4n) is 5.38. The molecule has 0 aromatic carbocycles. The second kappa shape index (κ2) is 24.5. The normalized spacial score (nSPS) is 15.2. The zero-order chi connectivity index (χ0) is 24.7. The quantitative estimate of drug-likeness (QED) is 0.0806. The first-order valence-corrected chi connectivity index (χ1v) is 15.7. The van der Waals surface area contributed by atoms with Crippen LogP contribution in [0.5, 0.6) is 0 Å². The smallest absolute Gasteiger partial charge is 0.222 e. The molecule has 1 rings (SSSR count). The van der Waals surface area contributed by atoms with E-state index >= 15 is 0 Å². The lowest BCUT2D eigenvalue weighted by molar-refractivity contribution is -0.911. The largest absolute Gasteiger partial charge is 1.00 e. The van der Waals surface area contributed by atoms with Crippen molar-refractivity contribution in [2.45, 2.75) is 155 Å². The Balaban J connectivity index is 0.0000116. The Kier molecular flexibility index (Phi) is 24.6. The first-order valence-electron chi connectivity index (χ1n) is 15.7. The Morgan fingerprint density at radius 2 is 0.886 bits per heavy atom. The molecule has 0 aromatic rings. The Bertz CT molecular complexity index is 463.